The second-order valence-corrected chi connectivity index (χ2v) is 8.66. The number of carbonyl (C=O) groups is 2. The first-order valence-electron chi connectivity index (χ1n) is 12.6. The smallest absolute Gasteiger partial charge is 0.259 e. The molecule has 0 spiro atoms. The van der Waals surface area contributed by atoms with Crippen LogP contribution in [0.5, 0.6) is 11.5 Å². The highest BCUT2D eigenvalue weighted by Crippen LogP contribution is 2.20. The molecule has 0 bridgehead atoms. The van der Waals surface area contributed by atoms with E-state index in [1.165, 1.54) is 69.2 Å². The monoisotopic (exact) mass is 497 g/mol. The summed E-state index contributed by atoms with van der Waals surface area (Å²) in [6.45, 7) is 2.47. The van der Waals surface area contributed by atoms with Crippen molar-refractivity contribution in [1.82, 2.24) is 0 Å². The van der Waals surface area contributed by atoms with Crippen molar-refractivity contribution in [2.75, 3.05) is 6.61 Å². The summed E-state index contributed by atoms with van der Waals surface area (Å²) in [5.41, 5.74) is 0.171. The maximum Gasteiger partial charge on any atom is 0.259 e. The molecular weight excluding hydrogens is 462 g/mol. The third-order valence-electron chi connectivity index (χ3n) is 5.75. The molecule has 8 heteroatoms. The fourth-order valence-corrected chi connectivity index (χ4v) is 3.75. The number of aliphatic carboxylic acids is 1. The Morgan fingerprint density at radius 3 is 2.19 bits per heavy atom. The summed E-state index contributed by atoms with van der Waals surface area (Å²) in [4.78, 5) is 21.9. The lowest BCUT2D eigenvalue weighted by molar-refractivity contribution is -0.618. The van der Waals surface area contributed by atoms with E-state index in [9.17, 15) is 25.0 Å². The van der Waals surface area contributed by atoms with E-state index >= 15 is 0 Å². The molecule has 2 aromatic rings. The van der Waals surface area contributed by atoms with Gasteiger partial charge in [-0.05, 0) is 30.7 Å². The van der Waals surface area contributed by atoms with E-state index in [2.05, 4.69) is 6.92 Å². The van der Waals surface area contributed by atoms with Gasteiger partial charge in [-0.25, -0.2) is 0 Å². The van der Waals surface area contributed by atoms with Crippen LogP contribution >= 0.6 is 0 Å². The second-order valence-electron chi connectivity index (χ2n) is 8.66. The lowest BCUT2D eigenvalue weighted by atomic mass is 10.1. The summed E-state index contributed by atoms with van der Waals surface area (Å²) in [6.07, 6.45) is 13.8. The number of nitrogens with zero attached hydrogens (tertiary/aromatic N) is 1. The van der Waals surface area contributed by atoms with Gasteiger partial charge in [-0.1, -0.05) is 76.8 Å². The Balaban J connectivity index is 1.91. The van der Waals surface area contributed by atoms with E-state index in [-0.39, 0.29) is 35.1 Å². The molecule has 0 aliphatic heterocycles. The number of hydrogen-bond acceptors (Lipinski definition) is 7. The quantitative estimate of drug-likeness (QED) is 0.134. The average molecular weight is 498 g/mol. The molecule has 36 heavy (non-hydrogen) atoms. The standard InChI is InChI=1S/C28H37NO7/c1-2-3-4-5-6-7-8-9-10-11-19-35-26-17-15-23(29(34)25(26)16-18-27(30)31)21-36-24-14-12-13-22(20-24)28(32)33/h12-18,20H,2-11,19,21H2,1H3,(H,30,31)(H,32,33)/p-2/b18-16+. The number of carboxylic acid groups (broad SMARTS) is 2. The van der Waals surface area contributed by atoms with Crippen molar-refractivity contribution in [2.45, 2.75) is 77.7 Å². The number of rotatable bonds is 18. The number of ether oxygens (including phenoxy) is 2. The first-order chi connectivity index (χ1) is 17.4. The summed E-state index contributed by atoms with van der Waals surface area (Å²) in [7, 11) is 0. The molecule has 0 radical (unpaired) electrons. The van der Waals surface area contributed by atoms with Crippen molar-refractivity contribution in [3.63, 3.8) is 0 Å². The van der Waals surface area contributed by atoms with Gasteiger partial charge in [-0.3, -0.25) is 0 Å². The molecule has 0 saturated carbocycles. The second kappa shape index (κ2) is 16.2. The van der Waals surface area contributed by atoms with Crippen LogP contribution in [0.1, 0.15) is 92.9 Å². The van der Waals surface area contributed by atoms with E-state index < -0.39 is 11.9 Å². The van der Waals surface area contributed by atoms with E-state index in [0.29, 0.717) is 11.3 Å². The summed E-state index contributed by atoms with van der Waals surface area (Å²) in [5.74, 6) is -2.25. The summed E-state index contributed by atoms with van der Waals surface area (Å²) >= 11 is 0. The molecule has 196 valence electrons. The Hall–Kier alpha value is -3.55. The van der Waals surface area contributed by atoms with Gasteiger partial charge in [-0.2, -0.15) is 4.73 Å². The summed E-state index contributed by atoms with van der Waals surface area (Å²) in [5, 5.41) is 34.8. The third-order valence-corrected chi connectivity index (χ3v) is 5.75. The molecule has 8 nitrogen and oxygen atoms in total. The van der Waals surface area contributed by atoms with E-state index in [4.69, 9.17) is 9.47 Å². The topological polar surface area (TPSA) is 126 Å². The van der Waals surface area contributed by atoms with Gasteiger partial charge in [0.1, 0.15) is 5.75 Å². The van der Waals surface area contributed by atoms with Crippen molar-refractivity contribution in [2.24, 2.45) is 0 Å². The lowest BCUT2D eigenvalue weighted by Crippen LogP contribution is -2.36. The van der Waals surface area contributed by atoms with Crippen LogP contribution in [0.25, 0.3) is 6.08 Å². The zero-order valence-corrected chi connectivity index (χ0v) is 20.9. The molecule has 1 aromatic carbocycles. The molecule has 0 aliphatic rings. The van der Waals surface area contributed by atoms with E-state index in [1.807, 2.05) is 0 Å². The van der Waals surface area contributed by atoms with Gasteiger partial charge in [-0.15, -0.1) is 0 Å². The van der Waals surface area contributed by atoms with Crippen LogP contribution in [0, 0.1) is 5.21 Å². The maximum absolute atomic E-state index is 12.9. The first-order valence-corrected chi connectivity index (χ1v) is 12.6. The average Bonchev–Trinajstić information content (AvgIpc) is 2.86. The van der Waals surface area contributed by atoms with Crippen LogP contribution in [0.4, 0.5) is 0 Å². The zero-order valence-electron chi connectivity index (χ0n) is 20.9. The SMILES string of the molecule is CCCCCCCCCCCCOc1ccc(COc2cccc(C(=O)[O-])c2)[n+]([O-])c1/C=C/C(=O)[O-]. The van der Waals surface area contributed by atoms with Gasteiger partial charge in [0.25, 0.3) is 5.69 Å². The van der Waals surface area contributed by atoms with Gasteiger partial charge in [0.05, 0.1) is 18.5 Å². The van der Waals surface area contributed by atoms with Crippen LogP contribution in [-0.4, -0.2) is 18.5 Å². The largest absolute Gasteiger partial charge is 0.618 e. The van der Waals surface area contributed by atoms with Crippen LogP contribution in [0.3, 0.4) is 0 Å². The first kappa shape index (κ1) is 28.7. The summed E-state index contributed by atoms with van der Waals surface area (Å²) in [6, 6.07) is 8.85. The molecule has 0 amide bonds. The predicted octanol–water partition coefficient (Wildman–Crippen LogP) is 3.33. The van der Waals surface area contributed by atoms with Crippen molar-refractivity contribution >= 4 is 18.0 Å². The van der Waals surface area contributed by atoms with Crippen molar-refractivity contribution in [3.05, 3.63) is 64.6 Å². The van der Waals surface area contributed by atoms with E-state index in [1.54, 1.807) is 12.1 Å². The molecule has 1 heterocycles. The predicted molar refractivity (Wildman–Crippen MR) is 132 cm³/mol. The molecule has 1 aromatic heterocycles. The van der Waals surface area contributed by atoms with Crippen LogP contribution in [0.15, 0.2) is 42.5 Å². The van der Waals surface area contributed by atoms with Gasteiger partial charge in [0.2, 0.25) is 5.69 Å². The number of aromatic carboxylic acids is 1. The van der Waals surface area contributed by atoms with Gasteiger partial charge < -0.3 is 34.5 Å². The highest BCUT2D eigenvalue weighted by Gasteiger charge is 2.17. The Bertz CT molecular complexity index is 1000. The molecule has 0 unspecified atom stereocenters. The minimum absolute atomic E-state index is 0.0239. The van der Waals surface area contributed by atoms with E-state index in [0.717, 1.165) is 31.4 Å². The fourth-order valence-electron chi connectivity index (χ4n) is 3.75. The fraction of sp³-hybridized carbons (Fsp3) is 0.464. The third kappa shape index (κ3) is 10.4. The lowest BCUT2D eigenvalue weighted by Gasteiger charge is -2.13. The van der Waals surface area contributed by atoms with Gasteiger partial charge in [0.15, 0.2) is 12.4 Å². The van der Waals surface area contributed by atoms with Gasteiger partial charge in [0, 0.05) is 17.7 Å². The maximum atomic E-state index is 12.9. The van der Waals surface area contributed by atoms with Gasteiger partial charge >= 0.3 is 0 Å². The highest BCUT2D eigenvalue weighted by molar-refractivity contribution is 5.86. The Kier molecular flexibility index (Phi) is 12.9. The molecule has 0 saturated heterocycles. The van der Waals surface area contributed by atoms with Crippen molar-refractivity contribution < 1.29 is 34.0 Å². The number of benzene rings is 1. The molecule has 0 fully saturated rings. The number of carboxylic acids is 2. The Labute approximate surface area is 212 Å². The summed E-state index contributed by atoms with van der Waals surface area (Å²) < 4.78 is 11.9. The number of aromatic nitrogens is 1. The molecule has 2 rings (SSSR count). The number of carbonyl (C=O) groups excluding carboxylic acids is 2. The molecule has 0 aliphatic carbocycles. The van der Waals surface area contributed by atoms with Crippen LogP contribution in [-0.2, 0) is 11.4 Å². The normalized spacial score (nSPS) is 11.0. The molecule has 0 N–H and O–H groups in total. The number of hydrogen-bond donors (Lipinski definition) is 0. The van der Waals surface area contributed by atoms with Crippen molar-refractivity contribution in [3.8, 4) is 11.5 Å². The molecule has 0 atom stereocenters. The highest BCUT2D eigenvalue weighted by atomic mass is 16.5. The van der Waals surface area contributed by atoms with Crippen LogP contribution in [0.2, 0.25) is 0 Å². The number of unbranched alkanes of at least 4 members (excludes halogenated alkanes) is 9. The Morgan fingerprint density at radius 1 is 0.889 bits per heavy atom. The minimum atomic E-state index is -1.43. The zero-order chi connectivity index (χ0) is 26.2. The minimum Gasteiger partial charge on any atom is -0.618 e. The molecular formula is C28H35NO7-2. The van der Waals surface area contributed by atoms with Crippen LogP contribution < -0.4 is 24.4 Å². The van der Waals surface area contributed by atoms with Crippen molar-refractivity contribution in [1.29, 1.82) is 0 Å². The Morgan fingerprint density at radius 2 is 1.56 bits per heavy atom. The number of pyridine rings is 1.